The van der Waals surface area contributed by atoms with Crippen LogP contribution in [-0.4, -0.2) is 12.9 Å². The largest absolute Gasteiger partial charge is 0.497 e. The third kappa shape index (κ3) is 1.78. The number of ketones is 1. The predicted octanol–water partition coefficient (Wildman–Crippen LogP) is 3.44. The van der Waals surface area contributed by atoms with Crippen molar-refractivity contribution in [2.75, 3.05) is 7.11 Å². The molecule has 0 spiro atoms. The Morgan fingerprint density at radius 2 is 2.06 bits per heavy atom. The second-order valence-corrected chi connectivity index (χ2v) is 3.67. The van der Waals surface area contributed by atoms with Gasteiger partial charge in [-0.2, -0.15) is 0 Å². The lowest BCUT2D eigenvalue weighted by atomic mass is 10.00. The van der Waals surface area contributed by atoms with Gasteiger partial charge in [0.2, 0.25) is 0 Å². The molecule has 2 heteroatoms. The molecule has 0 bridgehead atoms. The van der Waals surface area contributed by atoms with Gasteiger partial charge >= 0.3 is 0 Å². The molecular formula is C14H14O2. The number of hydrogen-bond donors (Lipinski definition) is 0. The van der Waals surface area contributed by atoms with Crippen LogP contribution in [0.1, 0.15) is 23.7 Å². The Bertz CT molecular complexity index is 529. The summed E-state index contributed by atoms with van der Waals surface area (Å²) in [6.45, 7) is 1.88. The van der Waals surface area contributed by atoms with Crippen LogP contribution >= 0.6 is 0 Å². The number of carbonyl (C=O) groups is 1. The zero-order valence-electron chi connectivity index (χ0n) is 9.49. The van der Waals surface area contributed by atoms with Gasteiger partial charge in [-0.3, -0.25) is 4.79 Å². The lowest BCUT2D eigenvalue weighted by Crippen LogP contribution is -1.97. The number of rotatable bonds is 3. The van der Waals surface area contributed by atoms with Crippen LogP contribution in [0.4, 0.5) is 0 Å². The number of hydrogen-bond acceptors (Lipinski definition) is 2. The molecular weight excluding hydrogens is 200 g/mol. The molecule has 0 atom stereocenters. The van der Waals surface area contributed by atoms with E-state index in [-0.39, 0.29) is 5.78 Å². The number of benzene rings is 2. The zero-order valence-corrected chi connectivity index (χ0v) is 9.49. The van der Waals surface area contributed by atoms with Crippen LogP contribution in [0.5, 0.6) is 5.75 Å². The van der Waals surface area contributed by atoms with Gasteiger partial charge in [0.25, 0.3) is 0 Å². The standard InChI is InChI=1S/C14H14O2/c1-3-14(15)12-6-4-5-10-7-8-11(16-2)9-13(10)12/h4-9H,3H2,1-2H3. The Balaban J connectivity index is 2.68. The summed E-state index contributed by atoms with van der Waals surface area (Å²) in [4.78, 5) is 11.8. The Morgan fingerprint density at radius 3 is 2.75 bits per heavy atom. The maximum atomic E-state index is 11.8. The van der Waals surface area contributed by atoms with Crippen LogP contribution in [0.15, 0.2) is 36.4 Å². The number of carbonyl (C=O) groups excluding carboxylic acids is 1. The van der Waals surface area contributed by atoms with Gasteiger partial charge in [0.15, 0.2) is 5.78 Å². The average molecular weight is 214 g/mol. The maximum absolute atomic E-state index is 11.8. The molecule has 0 aliphatic carbocycles. The van der Waals surface area contributed by atoms with Gasteiger partial charge in [0.1, 0.15) is 5.75 Å². The van der Waals surface area contributed by atoms with Gasteiger partial charge in [-0.1, -0.05) is 31.2 Å². The van der Waals surface area contributed by atoms with Crippen molar-refractivity contribution in [3.8, 4) is 5.75 Å². The highest BCUT2D eigenvalue weighted by molar-refractivity contribution is 6.08. The van der Waals surface area contributed by atoms with Crippen LogP contribution in [-0.2, 0) is 0 Å². The van der Waals surface area contributed by atoms with Crippen molar-refractivity contribution in [3.05, 3.63) is 42.0 Å². The highest BCUT2D eigenvalue weighted by Crippen LogP contribution is 2.24. The minimum Gasteiger partial charge on any atom is -0.497 e. The number of ether oxygens (including phenoxy) is 1. The summed E-state index contributed by atoms with van der Waals surface area (Å²) >= 11 is 0. The fourth-order valence-electron chi connectivity index (χ4n) is 1.81. The van der Waals surface area contributed by atoms with Crippen molar-refractivity contribution in [2.45, 2.75) is 13.3 Å². The molecule has 0 saturated carbocycles. The first-order valence-electron chi connectivity index (χ1n) is 5.36. The quantitative estimate of drug-likeness (QED) is 0.731. The van der Waals surface area contributed by atoms with Crippen LogP contribution in [0, 0.1) is 0 Å². The van der Waals surface area contributed by atoms with E-state index in [1.807, 2.05) is 43.3 Å². The van der Waals surface area contributed by atoms with Crippen molar-refractivity contribution in [3.63, 3.8) is 0 Å². The normalized spacial score (nSPS) is 10.4. The lowest BCUT2D eigenvalue weighted by Gasteiger charge is -2.06. The van der Waals surface area contributed by atoms with Crippen LogP contribution in [0.25, 0.3) is 10.8 Å². The summed E-state index contributed by atoms with van der Waals surface area (Å²) in [7, 11) is 1.63. The van der Waals surface area contributed by atoms with Crippen molar-refractivity contribution in [1.82, 2.24) is 0 Å². The highest BCUT2D eigenvalue weighted by atomic mass is 16.5. The van der Waals surface area contributed by atoms with Crippen molar-refractivity contribution in [2.24, 2.45) is 0 Å². The smallest absolute Gasteiger partial charge is 0.163 e. The van der Waals surface area contributed by atoms with E-state index in [9.17, 15) is 4.79 Å². The SMILES string of the molecule is CCC(=O)c1cccc2ccc(OC)cc12. The second-order valence-electron chi connectivity index (χ2n) is 3.67. The van der Waals surface area contributed by atoms with E-state index in [1.54, 1.807) is 7.11 Å². The first-order valence-corrected chi connectivity index (χ1v) is 5.36. The van der Waals surface area contributed by atoms with E-state index in [2.05, 4.69) is 0 Å². The van der Waals surface area contributed by atoms with E-state index < -0.39 is 0 Å². The van der Waals surface area contributed by atoms with Gasteiger partial charge < -0.3 is 4.74 Å². The van der Waals surface area contributed by atoms with Gasteiger partial charge in [-0.05, 0) is 22.9 Å². The van der Waals surface area contributed by atoms with Crippen molar-refractivity contribution >= 4 is 16.6 Å². The van der Waals surface area contributed by atoms with Gasteiger partial charge in [0.05, 0.1) is 7.11 Å². The summed E-state index contributed by atoms with van der Waals surface area (Å²) in [5, 5.41) is 2.04. The Kier molecular flexibility index (Phi) is 2.91. The van der Waals surface area contributed by atoms with Gasteiger partial charge in [0, 0.05) is 12.0 Å². The molecule has 0 heterocycles. The summed E-state index contributed by atoms with van der Waals surface area (Å²) in [6.07, 6.45) is 0.524. The molecule has 0 aliphatic rings. The van der Waals surface area contributed by atoms with Gasteiger partial charge in [-0.25, -0.2) is 0 Å². The third-order valence-electron chi connectivity index (χ3n) is 2.71. The highest BCUT2D eigenvalue weighted by Gasteiger charge is 2.08. The van der Waals surface area contributed by atoms with E-state index >= 15 is 0 Å². The number of Topliss-reactive ketones (excluding diaryl/α,β-unsaturated/α-hetero) is 1. The second kappa shape index (κ2) is 4.35. The first kappa shape index (κ1) is 10.7. The van der Waals surface area contributed by atoms with Crippen LogP contribution < -0.4 is 4.74 Å². The molecule has 0 radical (unpaired) electrons. The molecule has 2 aromatic rings. The third-order valence-corrected chi connectivity index (χ3v) is 2.71. The predicted molar refractivity (Wildman–Crippen MR) is 65.1 cm³/mol. The van der Waals surface area contributed by atoms with E-state index in [0.717, 1.165) is 22.1 Å². The molecule has 0 N–H and O–H groups in total. The molecule has 82 valence electrons. The molecule has 16 heavy (non-hydrogen) atoms. The Labute approximate surface area is 94.8 Å². The summed E-state index contributed by atoms with van der Waals surface area (Å²) in [5.41, 5.74) is 0.777. The number of methoxy groups -OCH3 is 1. The number of fused-ring (bicyclic) bond motifs is 1. The molecule has 0 saturated heterocycles. The summed E-state index contributed by atoms with van der Waals surface area (Å²) in [5.74, 6) is 0.947. The lowest BCUT2D eigenvalue weighted by molar-refractivity contribution is 0.0990. The van der Waals surface area contributed by atoms with Crippen molar-refractivity contribution in [1.29, 1.82) is 0 Å². The van der Waals surface area contributed by atoms with Crippen LogP contribution in [0.3, 0.4) is 0 Å². The fourth-order valence-corrected chi connectivity index (χ4v) is 1.81. The first-order chi connectivity index (χ1) is 7.76. The van der Waals surface area contributed by atoms with E-state index in [1.165, 1.54) is 0 Å². The van der Waals surface area contributed by atoms with E-state index in [4.69, 9.17) is 4.74 Å². The molecule has 0 fully saturated rings. The van der Waals surface area contributed by atoms with Crippen LogP contribution in [0.2, 0.25) is 0 Å². The molecule has 0 unspecified atom stereocenters. The Morgan fingerprint density at radius 1 is 1.25 bits per heavy atom. The molecule has 0 amide bonds. The van der Waals surface area contributed by atoms with Gasteiger partial charge in [-0.15, -0.1) is 0 Å². The maximum Gasteiger partial charge on any atom is 0.163 e. The monoisotopic (exact) mass is 214 g/mol. The fraction of sp³-hybridized carbons (Fsp3) is 0.214. The molecule has 2 nitrogen and oxygen atoms in total. The zero-order chi connectivity index (χ0) is 11.5. The van der Waals surface area contributed by atoms with E-state index in [0.29, 0.717) is 6.42 Å². The van der Waals surface area contributed by atoms with Crippen molar-refractivity contribution < 1.29 is 9.53 Å². The summed E-state index contributed by atoms with van der Waals surface area (Å²) in [6, 6.07) is 11.6. The molecule has 2 aromatic carbocycles. The topological polar surface area (TPSA) is 26.3 Å². The minimum absolute atomic E-state index is 0.166. The minimum atomic E-state index is 0.166. The molecule has 2 rings (SSSR count). The average Bonchev–Trinajstić information content (AvgIpc) is 2.36. The summed E-state index contributed by atoms with van der Waals surface area (Å²) < 4.78 is 5.18. The molecule has 0 aliphatic heterocycles. The Hall–Kier alpha value is -1.83. The molecule has 0 aromatic heterocycles.